The first-order chi connectivity index (χ1) is 9.58. The molecule has 2 N–H and O–H groups in total. The van der Waals surface area contributed by atoms with Crippen LogP contribution in [0.1, 0.15) is 18.6 Å². The minimum atomic E-state index is -4.72. The number of hydrogen-bond acceptors (Lipinski definition) is 4. The highest BCUT2D eigenvalue weighted by atomic mass is 32.2. The molecule has 0 aromatic heterocycles. The van der Waals surface area contributed by atoms with Gasteiger partial charge in [-0.1, -0.05) is 12.1 Å². The maximum atomic E-state index is 12.5. The van der Waals surface area contributed by atoms with Crippen molar-refractivity contribution in [3.63, 3.8) is 0 Å². The first-order valence-electron chi connectivity index (χ1n) is 6.03. The molecule has 0 saturated carbocycles. The summed E-state index contributed by atoms with van der Waals surface area (Å²) < 4.78 is 61.9. The van der Waals surface area contributed by atoms with Gasteiger partial charge < -0.3 is 10.2 Å². The fourth-order valence-electron chi connectivity index (χ4n) is 1.68. The third kappa shape index (κ3) is 4.95. The summed E-state index contributed by atoms with van der Waals surface area (Å²) in [5, 5.41) is 18.2. The van der Waals surface area contributed by atoms with Gasteiger partial charge in [0.15, 0.2) is 0 Å². The molecule has 1 unspecified atom stereocenters. The Morgan fingerprint density at radius 1 is 1.33 bits per heavy atom. The lowest BCUT2D eigenvalue weighted by atomic mass is 10.1. The van der Waals surface area contributed by atoms with E-state index < -0.39 is 42.0 Å². The average Bonchev–Trinajstić information content (AvgIpc) is 2.37. The monoisotopic (exact) mass is 327 g/mol. The molecule has 0 aliphatic carbocycles. The summed E-state index contributed by atoms with van der Waals surface area (Å²) in [6, 6.07) is 5.05. The van der Waals surface area contributed by atoms with E-state index in [0.717, 1.165) is 12.1 Å². The van der Waals surface area contributed by atoms with Crippen molar-refractivity contribution in [3.05, 3.63) is 29.8 Å². The van der Waals surface area contributed by atoms with Crippen LogP contribution in [0.4, 0.5) is 13.2 Å². The smallest absolute Gasteiger partial charge is 0.395 e. The van der Waals surface area contributed by atoms with Gasteiger partial charge in [-0.25, -0.2) is 8.42 Å². The first-order valence-corrected chi connectivity index (χ1v) is 7.47. The van der Waals surface area contributed by atoms with E-state index >= 15 is 0 Å². The molecule has 1 aromatic rings. The summed E-state index contributed by atoms with van der Waals surface area (Å²) in [6.45, 7) is -1.67. The predicted molar refractivity (Wildman–Crippen MR) is 69.0 cm³/mol. The quantitative estimate of drug-likeness (QED) is 0.825. The summed E-state index contributed by atoms with van der Waals surface area (Å²) in [7, 11) is -4.41. The molecule has 0 radical (unpaired) electrons. The zero-order valence-corrected chi connectivity index (χ0v) is 12.0. The van der Waals surface area contributed by atoms with Crippen LogP contribution in [-0.4, -0.2) is 48.8 Å². The Morgan fingerprint density at radius 3 is 2.43 bits per heavy atom. The zero-order chi connectivity index (χ0) is 16.3. The number of sulfonamides is 1. The predicted octanol–water partition coefficient (Wildman–Crippen LogP) is 1.29. The van der Waals surface area contributed by atoms with E-state index in [-0.39, 0.29) is 14.8 Å². The number of benzene rings is 1. The van der Waals surface area contributed by atoms with E-state index in [1.54, 1.807) is 0 Å². The first kappa shape index (κ1) is 17.9. The minimum Gasteiger partial charge on any atom is -0.395 e. The second-order valence-electron chi connectivity index (χ2n) is 4.43. The number of aliphatic hydroxyl groups is 2. The molecular formula is C12H16F3NO4S. The molecule has 0 spiro atoms. The maximum Gasteiger partial charge on any atom is 0.402 e. The highest BCUT2D eigenvalue weighted by molar-refractivity contribution is 7.89. The lowest BCUT2D eigenvalue weighted by molar-refractivity contribution is -0.136. The summed E-state index contributed by atoms with van der Waals surface area (Å²) in [4.78, 5) is -0.362. The Morgan fingerprint density at radius 2 is 1.95 bits per heavy atom. The second kappa shape index (κ2) is 6.73. The van der Waals surface area contributed by atoms with Gasteiger partial charge in [0.05, 0.1) is 17.6 Å². The summed E-state index contributed by atoms with van der Waals surface area (Å²) in [6.07, 6.45) is -5.67. The van der Waals surface area contributed by atoms with Gasteiger partial charge in [0.2, 0.25) is 10.0 Å². The normalized spacial score (nSPS) is 14.4. The third-order valence-corrected chi connectivity index (χ3v) is 4.52. The average molecular weight is 327 g/mol. The molecule has 120 valence electrons. The van der Waals surface area contributed by atoms with Gasteiger partial charge in [0.1, 0.15) is 6.54 Å². The van der Waals surface area contributed by atoms with Crippen molar-refractivity contribution in [2.75, 3.05) is 19.7 Å². The topological polar surface area (TPSA) is 77.8 Å². The van der Waals surface area contributed by atoms with Crippen molar-refractivity contribution in [2.24, 2.45) is 0 Å². The van der Waals surface area contributed by atoms with Crippen LogP contribution in [-0.2, 0) is 10.0 Å². The van der Waals surface area contributed by atoms with E-state index in [9.17, 15) is 26.7 Å². The fourth-order valence-corrected chi connectivity index (χ4v) is 3.15. The second-order valence-corrected chi connectivity index (χ2v) is 6.36. The molecule has 0 fully saturated rings. The number of aliphatic hydroxyl groups excluding tert-OH is 2. The van der Waals surface area contributed by atoms with Crippen LogP contribution in [0.15, 0.2) is 29.2 Å². The van der Waals surface area contributed by atoms with E-state index in [4.69, 9.17) is 5.11 Å². The number of halogens is 3. The van der Waals surface area contributed by atoms with Crippen LogP contribution in [0.3, 0.4) is 0 Å². The fraction of sp³-hybridized carbons (Fsp3) is 0.500. The molecule has 5 nitrogen and oxygen atoms in total. The largest absolute Gasteiger partial charge is 0.402 e. The van der Waals surface area contributed by atoms with Crippen LogP contribution in [0, 0.1) is 0 Å². The minimum absolute atomic E-state index is 0.161. The molecule has 0 amide bonds. The Labute approximate surface area is 120 Å². The molecule has 0 saturated heterocycles. The van der Waals surface area contributed by atoms with E-state index in [2.05, 4.69) is 0 Å². The molecule has 1 rings (SSSR count). The Kier molecular flexibility index (Phi) is 5.74. The van der Waals surface area contributed by atoms with Gasteiger partial charge in [-0.3, -0.25) is 0 Å². The Hall–Kier alpha value is -1.16. The summed E-state index contributed by atoms with van der Waals surface area (Å²) in [5.74, 6) is 0. The standard InChI is InChI=1S/C12H16F3NO4S/c1-9(18)10-3-2-4-11(7-10)21(19,20)16(5-6-17)8-12(13,14)15/h2-4,7,9,17-18H,5-6,8H2,1H3. The molecule has 0 aliphatic heterocycles. The number of rotatable bonds is 6. The van der Waals surface area contributed by atoms with Crippen LogP contribution in [0.5, 0.6) is 0 Å². The SMILES string of the molecule is CC(O)c1cccc(S(=O)(=O)N(CCO)CC(F)(F)F)c1. The molecule has 0 aliphatic rings. The molecule has 0 heterocycles. The van der Waals surface area contributed by atoms with Crippen molar-refractivity contribution in [1.82, 2.24) is 4.31 Å². The molecule has 1 aromatic carbocycles. The number of hydrogen-bond donors (Lipinski definition) is 2. The van der Waals surface area contributed by atoms with Gasteiger partial charge in [-0.05, 0) is 24.6 Å². The van der Waals surface area contributed by atoms with Crippen LogP contribution in [0.25, 0.3) is 0 Å². The molecule has 21 heavy (non-hydrogen) atoms. The van der Waals surface area contributed by atoms with Crippen molar-refractivity contribution >= 4 is 10.0 Å². The van der Waals surface area contributed by atoms with Crippen molar-refractivity contribution in [2.45, 2.75) is 24.1 Å². The van der Waals surface area contributed by atoms with Crippen molar-refractivity contribution in [3.8, 4) is 0 Å². The number of alkyl halides is 3. The highest BCUT2D eigenvalue weighted by Gasteiger charge is 2.36. The highest BCUT2D eigenvalue weighted by Crippen LogP contribution is 2.24. The summed E-state index contributed by atoms with van der Waals surface area (Å²) in [5.41, 5.74) is 0.270. The Bertz CT molecular complexity index is 572. The third-order valence-electron chi connectivity index (χ3n) is 2.68. The van der Waals surface area contributed by atoms with Crippen molar-refractivity contribution in [1.29, 1.82) is 0 Å². The molecule has 0 bridgehead atoms. The lowest BCUT2D eigenvalue weighted by Gasteiger charge is -2.23. The number of nitrogens with zero attached hydrogens (tertiary/aromatic N) is 1. The van der Waals surface area contributed by atoms with Gasteiger partial charge in [-0.15, -0.1) is 0 Å². The van der Waals surface area contributed by atoms with Gasteiger partial charge >= 0.3 is 6.18 Å². The molecule has 1 atom stereocenters. The lowest BCUT2D eigenvalue weighted by Crippen LogP contribution is -2.40. The van der Waals surface area contributed by atoms with Gasteiger partial charge in [0.25, 0.3) is 0 Å². The Balaban J connectivity index is 3.19. The van der Waals surface area contributed by atoms with E-state index in [1.165, 1.54) is 19.1 Å². The van der Waals surface area contributed by atoms with Crippen molar-refractivity contribution < 1.29 is 31.8 Å². The molecule has 9 heteroatoms. The molecular weight excluding hydrogens is 311 g/mol. The maximum absolute atomic E-state index is 12.5. The summed E-state index contributed by atoms with van der Waals surface area (Å²) >= 11 is 0. The van der Waals surface area contributed by atoms with Crippen LogP contribution < -0.4 is 0 Å². The van der Waals surface area contributed by atoms with Gasteiger partial charge in [0, 0.05) is 6.54 Å². The van der Waals surface area contributed by atoms with E-state index in [0.29, 0.717) is 0 Å². The zero-order valence-electron chi connectivity index (χ0n) is 11.2. The van der Waals surface area contributed by atoms with Gasteiger partial charge in [-0.2, -0.15) is 17.5 Å². The van der Waals surface area contributed by atoms with Crippen LogP contribution in [0.2, 0.25) is 0 Å². The van der Waals surface area contributed by atoms with E-state index in [1.807, 2.05) is 0 Å². The van der Waals surface area contributed by atoms with Crippen LogP contribution >= 0.6 is 0 Å².